The fourth-order valence-corrected chi connectivity index (χ4v) is 1.58. The quantitative estimate of drug-likeness (QED) is 0.469. The number of methoxy groups -OCH3 is 2. The second-order valence-corrected chi connectivity index (χ2v) is 3.51. The summed E-state index contributed by atoms with van der Waals surface area (Å²) in [5, 5.41) is 19.4. The number of nitro groups is 1. The molecule has 0 bridgehead atoms. The zero-order valence-electron chi connectivity index (χ0n) is 9.95. The van der Waals surface area contributed by atoms with Crippen LogP contribution in [0, 0.1) is 10.1 Å². The minimum atomic E-state index is -1.12. The number of rotatable bonds is 6. The molecule has 0 radical (unpaired) electrons. The number of nitrogens with zero attached hydrogens (tertiary/aromatic N) is 1. The number of ether oxygens (including phenoxy) is 2. The van der Waals surface area contributed by atoms with Crippen molar-refractivity contribution in [3.05, 3.63) is 45.0 Å². The Kier molecular flexibility index (Phi) is 4.75. The molecule has 7 heteroatoms. The van der Waals surface area contributed by atoms with E-state index in [0.717, 1.165) is 0 Å². The summed E-state index contributed by atoms with van der Waals surface area (Å²) in [6.07, 6.45) is -0.834. The molecule has 0 aliphatic rings. The van der Waals surface area contributed by atoms with Gasteiger partial charge < -0.3 is 14.6 Å². The summed E-state index contributed by atoms with van der Waals surface area (Å²) >= 11 is 0. The number of carboxylic acid groups (broad SMARTS) is 1. The average Bonchev–Trinajstić information content (AvgIpc) is 2.31. The monoisotopic (exact) mass is 255 g/mol. The molecule has 0 amide bonds. The van der Waals surface area contributed by atoms with Crippen molar-refractivity contribution in [2.24, 2.45) is 0 Å². The molecule has 0 heterocycles. The molecule has 0 aromatic heterocycles. The van der Waals surface area contributed by atoms with Crippen LogP contribution in [0.1, 0.15) is 27.8 Å². The van der Waals surface area contributed by atoms with Gasteiger partial charge in [0.25, 0.3) is 0 Å². The molecule has 0 unspecified atom stereocenters. The summed E-state index contributed by atoms with van der Waals surface area (Å²) in [4.78, 5) is 20.9. The van der Waals surface area contributed by atoms with Gasteiger partial charge in [0, 0.05) is 30.3 Å². The smallest absolute Gasteiger partial charge is 0.335 e. The summed E-state index contributed by atoms with van der Waals surface area (Å²) in [6.45, 7) is -0.418. The zero-order chi connectivity index (χ0) is 13.7. The number of benzene rings is 1. The van der Waals surface area contributed by atoms with E-state index in [1.807, 2.05) is 0 Å². The molecule has 1 aromatic rings. The van der Waals surface area contributed by atoms with Gasteiger partial charge in [-0.2, -0.15) is 0 Å². The van der Waals surface area contributed by atoms with Gasteiger partial charge in [0.1, 0.15) is 0 Å². The Hall–Kier alpha value is -1.99. The van der Waals surface area contributed by atoms with Crippen LogP contribution in [0.15, 0.2) is 18.2 Å². The lowest BCUT2D eigenvalue weighted by molar-refractivity contribution is -0.497. The molecule has 0 aliphatic heterocycles. The topological polar surface area (TPSA) is 98.9 Å². The van der Waals surface area contributed by atoms with E-state index < -0.39 is 23.7 Å². The van der Waals surface area contributed by atoms with E-state index in [2.05, 4.69) is 0 Å². The second kappa shape index (κ2) is 6.08. The van der Waals surface area contributed by atoms with Gasteiger partial charge in [0.15, 0.2) is 6.29 Å². The molecule has 1 aromatic carbocycles. The van der Waals surface area contributed by atoms with Crippen LogP contribution in [0.2, 0.25) is 0 Å². The number of hydrogen-bond acceptors (Lipinski definition) is 5. The molecular weight excluding hydrogens is 242 g/mol. The highest BCUT2D eigenvalue weighted by Gasteiger charge is 2.19. The van der Waals surface area contributed by atoms with Crippen LogP contribution in [0.4, 0.5) is 0 Å². The maximum atomic E-state index is 10.9. The normalized spacial score (nSPS) is 10.6. The van der Waals surface area contributed by atoms with Gasteiger partial charge in [-0.15, -0.1) is 0 Å². The van der Waals surface area contributed by atoms with Crippen molar-refractivity contribution in [2.75, 3.05) is 14.2 Å². The highest BCUT2D eigenvalue weighted by atomic mass is 16.7. The minimum Gasteiger partial charge on any atom is -0.478 e. The molecule has 0 atom stereocenters. The number of hydrogen-bond donors (Lipinski definition) is 1. The molecule has 18 heavy (non-hydrogen) atoms. The molecular formula is C11H13NO6. The molecule has 0 saturated heterocycles. The van der Waals surface area contributed by atoms with Crippen LogP contribution < -0.4 is 0 Å². The first kappa shape index (κ1) is 14.1. The van der Waals surface area contributed by atoms with Crippen LogP contribution in [-0.4, -0.2) is 30.2 Å². The van der Waals surface area contributed by atoms with E-state index in [4.69, 9.17) is 14.6 Å². The Morgan fingerprint density at radius 2 is 2.06 bits per heavy atom. The number of carbonyl (C=O) groups is 1. The van der Waals surface area contributed by atoms with Crippen molar-refractivity contribution in [3.8, 4) is 0 Å². The van der Waals surface area contributed by atoms with Crippen molar-refractivity contribution in [2.45, 2.75) is 12.8 Å². The Balaban J connectivity index is 3.24. The van der Waals surface area contributed by atoms with Gasteiger partial charge in [0.2, 0.25) is 6.54 Å². The molecule has 0 fully saturated rings. The lowest BCUT2D eigenvalue weighted by atomic mass is 10.0. The van der Waals surface area contributed by atoms with E-state index >= 15 is 0 Å². The molecule has 98 valence electrons. The summed E-state index contributed by atoms with van der Waals surface area (Å²) < 4.78 is 10.0. The van der Waals surface area contributed by atoms with Crippen LogP contribution in [-0.2, 0) is 16.0 Å². The SMILES string of the molecule is COC(OC)c1cc(C(=O)O)ccc1C[N+](=O)[O-]. The first-order valence-electron chi connectivity index (χ1n) is 5.03. The van der Waals surface area contributed by atoms with Crippen molar-refractivity contribution in [1.29, 1.82) is 0 Å². The van der Waals surface area contributed by atoms with Gasteiger partial charge in [-0.1, -0.05) is 6.07 Å². The second-order valence-electron chi connectivity index (χ2n) is 3.51. The molecule has 0 aliphatic carbocycles. The van der Waals surface area contributed by atoms with Crippen molar-refractivity contribution in [1.82, 2.24) is 0 Å². The largest absolute Gasteiger partial charge is 0.478 e. The van der Waals surface area contributed by atoms with Crippen molar-refractivity contribution >= 4 is 5.97 Å². The van der Waals surface area contributed by atoms with Crippen LogP contribution in [0.3, 0.4) is 0 Å². The molecule has 7 nitrogen and oxygen atoms in total. The lowest BCUT2D eigenvalue weighted by Crippen LogP contribution is -2.11. The Morgan fingerprint density at radius 1 is 1.44 bits per heavy atom. The van der Waals surface area contributed by atoms with Gasteiger partial charge in [-0.05, 0) is 12.1 Å². The molecule has 0 saturated carbocycles. The van der Waals surface area contributed by atoms with Crippen LogP contribution >= 0.6 is 0 Å². The fraction of sp³-hybridized carbons (Fsp3) is 0.364. The number of aromatic carboxylic acids is 1. The lowest BCUT2D eigenvalue weighted by Gasteiger charge is -2.16. The maximum absolute atomic E-state index is 10.9. The first-order chi connectivity index (χ1) is 8.49. The van der Waals surface area contributed by atoms with E-state index in [1.54, 1.807) is 0 Å². The van der Waals surface area contributed by atoms with Crippen molar-refractivity contribution in [3.63, 3.8) is 0 Å². The first-order valence-corrected chi connectivity index (χ1v) is 5.03. The third-order valence-electron chi connectivity index (χ3n) is 2.37. The maximum Gasteiger partial charge on any atom is 0.335 e. The summed E-state index contributed by atoms with van der Waals surface area (Å²) in [5.74, 6) is -1.12. The van der Waals surface area contributed by atoms with Crippen LogP contribution in [0.25, 0.3) is 0 Å². The van der Waals surface area contributed by atoms with E-state index in [9.17, 15) is 14.9 Å². The summed E-state index contributed by atoms with van der Waals surface area (Å²) in [6, 6.07) is 4.03. The third-order valence-corrected chi connectivity index (χ3v) is 2.37. The average molecular weight is 255 g/mol. The molecule has 0 spiro atoms. The molecule has 1 rings (SSSR count). The van der Waals surface area contributed by atoms with Gasteiger partial charge >= 0.3 is 5.97 Å². The van der Waals surface area contributed by atoms with E-state index in [-0.39, 0.29) is 5.56 Å². The predicted molar refractivity (Wildman–Crippen MR) is 60.9 cm³/mol. The van der Waals surface area contributed by atoms with Gasteiger partial charge in [0.05, 0.1) is 5.56 Å². The van der Waals surface area contributed by atoms with Crippen LogP contribution in [0.5, 0.6) is 0 Å². The zero-order valence-corrected chi connectivity index (χ0v) is 9.95. The van der Waals surface area contributed by atoms with E-state index in [1.165, 1.54) is 32.4 Å². The van der Waals surface area contributed by atoms with Gasteiger partial charge in [-0.25, -0.2) is 4.79 Å². The molecule has 1 N–H and O–H groups in total. The summed E-state index contributed by atoms with van der Waals surface area (Å²) in [5.41, 5.74) is 0.728. The number of carboxylic acids is 1. The Morgan fingerprint density at radius 3 is 2.50 bits per heavy atom. The van der Waals surface area contributed by atoms with Crippen molar-refractivity contribution < 1.29 is 24.3 Å². The highest BCUT2D eigenvalue weighted by molar-refractivity contribution is 5.87. The van der Waals surface area contributed by atoms with Gasteiger partial charge in [-0.3, -0.25) is 10.1 Å². The predicted octanol–water partition coefficient (Wildman–Crippen LogP) is 1.45. The Labute approximate surface area is 103 Å². The Bertz CT molecular complexity index is 455. The van der Waals surface area contributed by atoms with E-state index in [0.29, 0.717) is 11.1 Å². The minimum absolute atomic E-state index is 0.0243. The fourth-order valence-electron chi connectivity index (χ4n) is 1.58. The standard InChI is InChI=1S/C11H13NO6/c1-17-11(18-2)9-5-7(10(13)14)3-4-8(9)6-12(15)16/h3-5,11H,6H2,1-2H3,(H,13,14). The summed E-state index contributed by atoms with van der Waals surface area (Å²) in [7, 11) is 2.75. The highest BCUT2D eigenvalue weighted by Crippen LogP contribution is 2.24. The third kappa shape index (κ3) is 3.25.